The van der Waals surface area contributed by atoms with Crippen LogP contribution in [0.1, 0.15) is 74.1 Å². The molecule has 0 aliphatic heterocycles. The molecule has 2 N–H and O–H groups in total. The Bertz CT molecular complexity index is 575. The molecular formula is C21H40O4Si. The van der Waals surface area contributed by atoms with Crippen molar-refractivity contribution in [1.82, 2.24) is 0 Å². The van der Waals surface area contributed by atoms with Crippen LogP contribution in [-0.2, 0) is 9.22 Å². The van der Waals surface area contributed by atoms with Gasteiger partial charge in [0.25, 0.3) is 0 Å². The summed E-state index contributed by atoms with van der Waals surface area (Å²) in [7, 11) is -2.03. The Morgan fingerprint density at radius 2 is 1.62 bits per heavy atom. The molecule has 0 aromatic carbocycles. The Hall–Kier alpha value is -0.233. The topological polar surface area (TPSA) is 66.8 Å². The van der Waals surface area contributed by atoms with Crippen molar-refractivity contribution in [2.75, 3.05) is 6.61 Å². The standard InChI is InChI=1S/C21H40O4Si/c1-17(2,3)26(8,9)25-14-15-19(6,23)12-13-21(24)18(4,5)11-10-16(22)20(15,21)7/h15,23-24H,10-14H2,1-9H3/t15?,19-,20+,21-/m1/s1. The third-order valence-corrected chi connectivity index (χ3v) is 12.9. The van der Waals surface area contributed by atoms with Crippen LogP contribution in [0.2, 0.25) is 18.1 Å². The molecule has 0 saturated heterocycles. The van der Waals surface area contributed by atoms with E-state index in [1.807, 2.05) is 13.8 Å². The first-order chi connectivity index (χ1) is 11.4. The number of hydrogen-bond donors (Lipinski definition) is 2. The van der Waals surface area contributed by atoms with E-state index in [0.717, 1.165) is 0 Å². The third-order valence-electron chi connectivity index (χ3n) is 8.39. The molecule has 2 aliphatic rings. The highest BCUT2D eigenvalue weighted by atomic mass is 28.4. The molecule has 2 aliphatic carbocycles. The maximum absolute atomic E-state index is 13.1. The van der Waals surface area contributed by atoms with E-state index in [9.17, 15) is 15.0 Å². The molecule has 2 rings (SSSR count). The van der Waals surface area contributed by atoms with Gasteiger partial charge in [0.1, 0.15) is 5.78 Å². The van der Waals surface area contributed by atoms with E-state index in [-0.39, 0.29) is 16.2 Å². The van der Waals surface area contributed by atoms with Crippen LogP contribution in [0, 0.1) is 16.7 Å². The van der Waals surface area contributed by atoms with E-state index in [2.05, 4.69) is 47.7 Å². The van der Waals surface area contributed by atoms with Gasteiger partial charge >= 0.3 is 0 Å². The molecule has 0 amide bonds. The Labute approximate surface area is 160 Å². The average Bonchev–Trinajstić information content (AvgIpc) is 2.46. The lowest BCUT2D eigenvalue weighted by atomic mass is 9.43. The largest absolute Gasteiger partial charge is 0.416 e. The Morgan fingerprint density at radius 3 is 2.12 bits per heavy atom. The molecule has 0 spiro atoms. The Morgan fingerprint density at radius 1 is 1.08 bits per heavy atom. The second-order valence-corrected chi connectivity index (χ2v) is 16.2. The first-order valence-corrected chi connectivity index (χ1v) is 13.0. The van der Waals surface area contributed by atoms with Crippen LogP contribution in [0.3, 0.4) is 0 Å². The number of Topliss-reactive ketones (excluding diaryl/α,β-unsaturated/α-hetero) is 1. The number of carbonyl (C=O) groups is 1. The molecule has 2 fully saturated rings. The fourth-order valence-corrected chi connectivity index (χ4v) is 6.01. The maximum atomic E-state index is 13.1. The number of rotatable bonds is 3. The zero-order valence-electron chi connectivity index (χ0n) is 18.3. The first-order valence-electron chi connectivity index (χ1n) is 10.0. The van der Waals surface area contributed by atoms with Gasteiger partial charge in [-0.15, -0.1) is 0 Å². The number of hydrogen-bond acceptors (Lipinski definition) is 4. The van der Waals surface area contributed by atoms with Gasteiger partial charge in [0.05, 0.1) is 16.6 Å². The van der Waals surface area contributed by atoms with Crippen LogP contribution in [0.25, 0.3) is 0 Å². The van der Waals surface area contributed by atoms with Crippen molar-refractivity contribution >= 4 is 14.1 Å². The lowest BCUT2D eigenvalue weighted by Gasteiger charge is -2.64. The maximum Gasteiger partial charge on any atom is 0.191 e. The second-order valence-electron chi connectivity index (χ2n) is 11.4. The molecule has 0 bridgehead atoms. The summed E-state index contributed by atoms with van der Waals surface area (Å²) >= 11 is 0. The van der Waals surface area contributed by atoms with Crippen LogP contribution in [0.5, 0.6) is 0 Å². The van der Waals surface area contributed by atoms with Crippen molar-refractivity contribution in [3.8, 4) is 0 Å². The summed E-state index contributed by atoms with van der Waals surface area (Å²) in [4.78, 5) is 13.1. The fraction of sp³-hybridized carbons (Fsp3) is 0.952. The molecule has 2 saturated carbocycles. The fourth-order valence-electron chi connectivity index (χ4n) is 4.99. The van der Waals surface area contributed by atoms with Crippen LogP contribution in [0.4, 0.5) is 0 Å². The number of aliphatic hydroxyl groups is 2. The van der Waals surface area contributed by atoms with Crippen molar-refractivity contribution < 1.29 is 19.4 Å². The van der Waals surface area contributed by atoms with Gasteiger partial charge in [0.2, 0.25) is 0 Å². The van der Waals surface area contributed by atoms with Crippen molar-refractivity contribution in [2.24, 2.45) is 16.7 Å². The quantitative estimate of drug-likeness (QED) is 0.712. The molecule has 1 unspecified atom stereocenters. The predicted molar refractivity (Wildman–Crippen MR) is 108 cm³/mol. The molecule has 4 nitrogen and oxygen atoms in total. The minimum absolute atomic E-state index is 0.0561. The van der Waals surface area contributed by atoms with Crippen molar-refractivity contribution in [3.05, 3.63) is 0 Å². The van der Waals surface area contributed by atoms with Gasteiger partial charge in [-0.3, -0.25) is 4.79 Å². The molecule has 0 aromatic heterocycles. The van der Waals surface area contributed by atoms with E-state index in [1.54, 1.807) is 0 Å². The molecule has 26 heavy (non-hydrogen) atoms. The zero-order chi connectivity index (χ0) is 20.4. The smallest absolute Gasteiger partial charge is 0.191 e. The lowest BCUT2D eigenvalue weighted by Crippen LogP contribution is -2.72. The molecule has 0 aromatic rings. The molecule has 0 heterocycles. The summed E-state index contributed by atoms with van der Waals surface area (Å²) in [5.41, 5.74) is -3.48. The first kappa shape index (κ1) is 22.1. The van der Waals surface area contributed by atoms with Crippen molar-refractivity contribution in [3.63, 3.8) is 0 Å². The molecule has 5 heteroatoms. The summed E-state index contributed by atoms with van der Waals surface area (Å²) in [5.74, 6) is -0.335. The molecular weight excluding hydrogens is 344 g/mol. The normalized spacial score (nSPS) is 41.0. The third kappa shape index (κ3) is 3.03. The SMILES string of the molecule is CC1(C)CCC(=O)[C@]2(C)C(CO[Si](C)(C)C(C)(C)C)[C@](C)(O)CC[C@@]12O. The number of ketones is 1. The number of fused-ring (bicyclic) bond motifs is 1. The monoisotopic (exact) mass is 384 g/mol. The van der Waals surface area contributed by atoms with E-state index >= 15 is 0 Å². The highest BCUT2D eigenvalue weighted by Crippen LogP contribution is 2.63. The summed E-state index contributed by atoms with van der Waals surface area (Å²) in [6.45, 7) is 19.1. The van der Waals surface area contributed by atoms with Gasteiger partial charge in [0.15, 0.2) is 8.32 Å². The molecule has 152 valence electrons. The van der Waals surface area contributed by atoms with Gasteiger partial charge in [-0.25, -0.2) is 0 Å². The zero-order valence-corrected chi connectivity index (χ0v) is 19.3. The van der Waals surface area contributed by atoms with Crippen LogP contribution < -0.4 is 0 Å². The second kappa shape index (κ2) is 6.13. The van der Waals surface area contributed by atoms with Gasteiger partial charge in [-0.1, -0.05) is 34.6 Å². The minimum Gasteiger partial charge on any atom is -0.416 e. The van der Waals surface area contributed by atoms with E-state index in [1.165, 1.54) is 0 Å². The summed E-state index contributed by atoms with van der Waals surface area (Å²) < 4.78 is 6.46. The van der Waals surface area contributed by atoms with Gasteiger partial charge in [0, 0.05) is 18.9 Å². The van der Waals surface area contributed by atoms with E-state index in [0.29, 0.717) is 32.3 Å². The van der Waals surface area contributed by atoms with Crippen molar-refractivity contribution in [1.29, 1.82) is 0 Å². The number of carbonyl (C=O) groups excluding carboxylic acids is 1. The average molecular weight is 385 g/mol. The minimum atomic E-state index is -2.03. The Balaban J connectivity index is 2.46. The van der Waals surface area contributed by atoms with Crippen LogP contribution in [-0.4, -0.2) is 42.1 Å². The predicted octanol–water partition coefficient (Wildman–Crippen LogP) is 4.30. The van der Waals surface area contributed by atoms with Crippen LogP contribution in [0.15, 0.2) is 0 Å². The van der Waals surface area contributed by atoms with Gasteiger partial charge in [-0.05, 0) is 56.7 Å². The molecule has 4 atom stereocenters. The van der Waals surface area contributed by atoms with E-state index in [4.69, 9.17) is 4.43 Å². The van der Waals surface area contributed by atoms with E-state index < -0.39 is 30.9 Å². The van der Waals surface area contributed by atoms with Crippen LogP contribution >= 0.6 is 0 Å². The van der Waals surface area contributed by atoms with Crippen molar-refractivity contribution in [2.45, 2.75) is 103 Å². The summed E-state index contributed by atoms with van der Waals surface area (Å²) in [5, 5.41) is 23.0. The van der Waals surface area contributed by atoms with Gasteiger partial charge in [-0.2, -0.15) is 0 Å². The Kier molecular flexibility index (Phi) is 5.20. The highest BCUT2D eigenvalue weighted by molar-refractivity contribution is 6.74. The lowest BCUT2D eigenvalue weighted by molar-refractivity contribution is -0.255. The molecule has 0 radical (unpaired) electrons. The highest BCUT2D eigenvalue weighted by Gasteiger charge is 2.70. The summed E-state index contributed by atoms with van der Waals surface area (Å²) in [6.07, 6.45) is 2.08. The van der Waals surface area contributed by atoms with Gasteiger partial charge < -0.3 is 14.6 Å². The summed E-state index contributed by atoms with van der Waals surface area (Å²) in [6, 6.07) is 0.